The van der Waals surface area contributed by atoms with Crippen molar-refractivity contribution in [1.82, 2.24) is 5.32 Å². The summed E-state index contributed by atoms with van der Waals surface area (Å²) in [5.41, 5.74) is 0.675. The number of carbonyl (C=O) groups is 1. The average molecular weight is 321 g/mol. The zero-order valence-electron chi connectivity index (χ0n) is 11.3. The maximum Gasteiger partial charge on any atom is 0.251 e. The van der Waals surface area contributed by atoms with Gasteiger partial charge in [0.15, 0.2) is 0 Å². The molecule has 0 radical (unpaired) electrons. The molecule has 6 nitrogen and oxygen atoms in total. The van der Waals surface area contributed by atoms with E-state index in [1.54, 1.807) is 14.0 Å². The standard InChI is InChI=1S/C12H17ClN2O4S/c1-8-6-9(12(16)15-4-3-5-19-2)7-10(11(8)13)20(14,17)18/h6-7H,3-5H2,1-2H3,(H,15,16)(H2,14,17,18). The van der Waals surface area contributed by atoms with Gasteiger partial charge in [-0.2, -0.15) is 0 Å². The van der Waals surface area contributed by atoms with Crippen LogP contribution in [0.4, 0.5) is 0 Å². The third kappa shape index (κ3) is 4.45. The molecule has 0 aliphatic carbocycles. The first-order chi connectivity index (χ1) is 9.27. The zero-order chi connectivity index (χ0) is 15.3. The van der Waals surface area contributed by atoms with Crippen molar-refractivity contribution in [3.63, 3.8) is 0 Å². The first-order valence-electron chi connectivity index (χ1n) is 5.87. The van der Waals surface area contributed by atoms with Crippen molar-refractivity contribution in [2.75, 3.05) is 20.3 Å². The molecular weight excluding hydrogens is 304 g/mol. The Morgan fingerprint density at radius 3 is 2.65 bits per heavy atom. The van der Waals surface area contributed by atoms with Crippen LogP contribution in [-0.4, -0.2) is 34.6 Å². The van der Waals surface area contributed by atoms with Gasteiger partial charge in [0.2, 0.25) is 10.0 Å². The molecule has 1 aromatic carbocycles. The Labute approximate surface area is 123 Å². The molecule has 0 aliphatic rings. The van der Waals surface area contributed by atoms with Gasteiger partial charge in [-0.1, -0.05) is 11.6 Å². The minimum absolute atomic E-state index is 0.0310. The van der Waals surface area contributed by atoms with Crippen LogP contribution < -0.4 is 10.5 Å². The van der Waals surface area contributed by atoms with Gasteiger partial charge in [0.1, 0.15) is 4.90 Å². The Kier molecular flexibility index (Phi) is 5.94. The Bertz CT molecular complexity index is 602. The molecule has 0 bridgehead atoms. The summed E-state index contributed by atoms with van der Waals surface area (Å²) in [6, 6.07) is 2.69. The van der Waals surface area contributed by atoms with E-state index in [0.29, 0.717) is 25.1 Å². The second-order valence-corrected chi connectivity index (χ2v) is 6.16. The van der Waals surface area contributed by atoms with Crippen molar-refractivity contribution in [3.8, 4) is 0 Å². The molecule has 0 unspecified atom stereocenters. The second-order valence-electron chi connectivity index (χ2n) is 4.25. The lowest BCUT2D eigenvalue weighted by Crippen LogP contribution is -2.26. The number of rotatable bonds is 6. The van der Waals surface area contributed by atoms with Crippen LogP contribution in [0.1, 0.15) is 22.3 Å². The molecule has 0 aromatic heterocycles. The van der Waals surface area contributed by atoms with Crippen LogP contribution in [0.3, 0.4) is 0 Å². The summed E-state index contributed by atoms with van der Waals surface area (Å²) in [7, 11) is -2.40. The molecule has 112 valence electrons. The van der Waals surface area contributed by atoms with Crippen molar-refractivity contribution >= 4 is 27.5 Å². The number of carbonyl (C=O) groups excluding carboxylic acids is 1. The van der Waals surface area contributed by atoms with E-state index in [4.69, 9.17) is 21.5 Å². The molecular formula is C12H17ClN2O4S. The van der Waals surface area contributed by atoms with Crippen molar-refractivity contribution in [2.24, 2.45) is 5.14 Å². The van der Waals surface area contributed by atoms with E-state index in [-0.39, 0.29) is 21.4 Å². The summed E-state index contributed by atoms with van der Waals surface area (Å²) in [4.78, 5) is 11.7. The molecule has 1 rings (SSSR count). The Balaban J connectivity index is 2.97. The number of ether oxygens (including phenoxy) is 1. The average Bonchev–Trinajstić information content (AvgIpc) is 2.36. The SMILES string of the molecule is COCCCNC(=O)c1cc(C)c(Cl)c(S(N)(=O)=O)c1. The number of hydrogen-bond donors (Lipinski definition) is 2. The number of sulfonamides is 1. The fourth-order valence-electron chi connectivity index (χ4n) is 1.60. The van der Waals surface area contributed by atoms with Gasteiger partial charge >= 0.3 is 0 Å². The van der Waals surface area contributed by atoms with Gasteiger partial charge in [0, 0.05) is 25.8 Å². The highest BCUT2D eigenvalue weighted by atomic mass is 35.5. The molecule has 0 saturated carbocycles. The van der Waals surface area contributed by atoms with E-state index < -0.39 is 10.0 Å². The summed E-state index contributed by atoms with van der Waals surface area (Å²) >= 11 is 5.89. The van der Waals surface area contributed by atoms with E-state index in [1.807, 2.05) is 0 Å². The quantitative estimate of drug-likeness (QED) is 0.766. The predicted octanol–water partition coefficient (Wildman–Crippen LogP) is 1.06. The predicted molar refractivity (Wildman–Crippen MR) is 76.4 cm³/mol. The third-order valence-corrected chi connectivity index (χ3v) is 4.15. The molecule has 0 atom stereocenters. The molecule has 0 fully saturated rings. The zero-order valence-corrected chi connectivity index (χ0v) is 12.8. The van der Waals surface area contributed by atoms with Crippen molar-refractivity contribution in [3.05, 3.63) is 28.3 Å². The minimum atomic E-state index is -3.97. The molecule has 3 N–H and O–H groups in total. The molecule has 0 heterocycles. The van der Waals surface area contributed by atoms with E-state index in [2.05, 4.69) is 5.32 Å². The number of primary sulfonamides is 1. The van der Waals surface area contributed by atoms with Crippen LogP contribution in [0.25, 0.3) is 0 Å². The summed E-state index contributed by atoms with van der Waals surface area (Å²) in [5.74, 6) is -0.384. The summed E-state index contributed by atoms with van der Waals surface area (Å²) in [5, 5.41) is 7.77. The van der Waals surface area contributed by atoms with Gasteiger partial charge in [-0.3, -0.25) is 4.79 Å². The summed E-state index contributed by atoms with van der Waals surface area (Å²) < 4.78 is 27.7. The number of methoxy groups -OCH3 is 1. The fourth-order valence-corrected chi connectivity index (χ4v) is 2.73. The number of nitrogens with two attached hydrogens (primary N) is 1. The third-order valence-electron chi connectivity index (χ3n) is 2.60. The topological polar surface area (TPSA) is 98.5 Å². The highest BCUT2D eigenvalue weighted by Crippen LogP contribution is 2.25. The smallest absolute Gasteiger partial charge is 0.251 e. The van der Waals surface area contributed by atoms with E-state index >= 15 is 0 Å². The van der Waals surface area contributed by atoms with Crippen LogP contribution in [0.15, 0.2) is 17.0 Å². The van der Waals surface area contributed by atoms with Gasteiger partial charge < -0.3 is 10.1 Å². The van der Waals surface area contributed by atoms with Crippen LogP contribution in [-0.2, 0) is 14.8 Å². The van der Waals surface area contributed by atoms with E-state index in [0.717, 1.165) is 0 Å². The molecule has 1 amide bonds. The van der Waals surface area contributed by atoms with Crippen LogP contribution >= 0.6 is 11.6 Å². The Morgan fingerprint density at radius 1 is 1.45 bits per heavy atom. The number of amides is 1. The number of halogens is 1. The van der Waals surface area contributed by atoms with Gasteiger partial charge in [-0.25, -0.2) is 13.6 Å². The van der Waals surface area contributed by atoms with E-state index in [9.17, 15) is 13.2 Å². The summed E-state index contributed by atoms with van der Waals surface area (Å²) in [6.07, 6.45) is 0.664. The van der Waals surface area contributed by atoms with Crippen molar-refractivity contribution < 1.29 is 17.9 Å². The molecule has 0 spiro atoms. The van der Waals surface area contributed by atoms with Gasteiger partial charge in [0.25, 0.3) is 5.91 Å². The number of hydrogen-bond acceptors (Lipinski definition) is 4. The maximum absolute atomic E-state index is 11.9. The Morgan fingerprint density at radius 2 is 2.10 bits per heavy atom. The highest BCUT2D eigenvalue weighted by Gasteiger charge is 2.18. The van der Waals surface area contributed by atoms with Crippen LogP contribution in [0, 0.1) is 6.92 Å². The lowest BCUT2D eigenvalue weighted by Gasteiger charge is -2.10. The number of benzene rings is 1. The highest BCUT2D eigenvalue weighted by molar-refractivity contribution is 7.89. The molecule has 0 saturated heterocycles. The molecule has 1 aromatic rings. The number of nitrogens with one attached hydrogen (secondary N) is 1. The number of aryl methyl sites for hydroxylation is 1. The van der Waals surface area contributed by atoms with Crippen LogP contribution in [0.5, 0.6) is 0 Å². The lowest BCUT2D eigenvalue weighted by atomic mass is 10.1. The Hall–Kier alpha value is -1.15. The fraction of sp³-hybridized carbons (Fsp3) is 0.417. The van der Waals surface area contributed by atoms with E-state index in [1.165, 1.54) is 12.1 Å². The molecule has 8 heteroatoms. The van der Waals surface area contributed by atoms with Gasteiger partial charge in [0.05, 0.1) is 5.02 Å². The first-order valence-corrected chi connectivity index (χ1v) is 7.80. The van der Waals surface area contributed by atoms with Gasteiger partial charge in [-0.05, 0) is 31.0 Å². The van der Waals surface area contributed by atoms with Crippen molar-refractivity contribution in [1.29, 1.82) is 0 Å². The summed E-state index contributed by atoms with van der Waals surface area (Å²) in [6.45, 7) is 2.57. The molecule has 0 aliphatic heterocycles. The second kappa shape index (κ2) is 7.03. The van der Waals surface area contributed by atoms with Gasteiger partial charge in [-0.15, -0.1) is 0 Å². The lowest BCUT2D eigenvalue weighted by molar-refractivity contribution is 0.0948. The largest absolute Gasteiger partial charge is 0.385 e. The first kappa shape index (κ1) is 16.9. The minimum Gasteiger partial charge on any atom is -0.385 e. The van der Waals surface area contributed by atoms with Crippen molar-refractivity contribution in [2.45, 2.75) is 18.2 Å². The maximum atomic E-state index is 11.9. The normalized spacial score (nSPS) is 11.4. The van der Waals surface area contributed by atoms with Crippen LogP contribution in [0.2, 0.25) is 5.02 Å². The molecule has 20 heavy (non-hydrogen) atoms. The monoisotopic (exact) mass is 320 g/mol.